The summed E-state index contributed by atoms with van der Waals surface area (Å²) in [4.78, 5) is 11.2. The highest BCUT2D eigenvalue weighted by atomic mass is 16.5. The molecule has 9 unspecified atom stereocenters. The molecular formula is C58H53N3O. The molecule has 4 heteroatoms. The van der Waals surface area contributed by atoms with Gasteiger partial charge in [-0.15, -0.1) is 0 Å². The first kappa shape index (κ1) is 35.8. The van der Waals surface area contributed by atoms with Gasteiger partial charge in [0.2, 0.25) is 0 Å². The third-order valence-electron chi connectivity index (χ3n) is 17.0. The van der Waals surface area contributed by atoms with E-state index in [4.69, 9.17) is 14.7 Å². The van der Waals surface area contributed by atoms with E-state index in [1.165, 1.54) is 81.5 Å². The van der Waals surface area contributed by atoms with Crippen LogP contribution >= 0.6 is 0 Å². The molecule has 14 rings (SSSR count). The minimum absolute atomic E-state index is 0.0374. The van der Waals surface area contributed by atoms with Crippen LogP contribution in [-0.4, -0.2) is 17.8 Å². The lowest BCUT2D eigenvalue weighted by Crippen LogP contribution is -2.42. The number of fused-ring (bicyclic) bond motifs is 8. The molecule has 0 amide bonds. The molecule has 0 aromatic heterocycles. The van der Waals surface area contributed by atoms with E-state index in [2.05, 4.69) is 159 Å². The van der Waals surface area contributed by atoms with Crippen LogP contribution in [0.2, 0.25) is 0 Å². The second-order valence-corrected chi connectivity index (χ2v) is 20.8. The van der Waals surface area contributed by atoms with Gasteiger partial charge in [-0.1, -0.05) is 129 Å². The van der Waals surface area contributed by atoms with Crippen LogP contribution in [0.15, 0.2) is 172 Å². The predicted molar refractivity (Wildman–Crippen MR) is 250 cm³/mol. The predicted octanol–water partition coefficient (Wildman–Crippen LogP) is 12.9. The summed E-state index contributed by atoms with van der Waals surface area (Å²) < 4.78 is 6.76. The van der Waals surface area contributed by atoms with Gasteiger partial charge in [-0.05, 0) is 166 Å². The molecule has 4 nitrogen and oxygen atoms in total. The number of nitrogens with one attached hydrogen (secondary N) is 1. The van der Waals surface area contributed by atoms with Gasteiger partial charge < -0.3 is 10.1 Å². The van der Waals surface area contributed by atoms with Gasteiger partial charge in [0, 0.05) is 17.4 Å². The Morgan fingerprint density at radius 2 is 1.58 bits per heavy atom. The Bertz CT molecular complexity index is 2880. The third-order valence-corrected chi connectivity index (χ3v) is 17.0. The van der Waals surface area contributed by atoms with Crippen molar-refractivity contribution in [3.05, 3.63) is 185 Å². The molecule has 62 heavy (non-hydrogen) atoms. The molecule has 0 bridgehead atoms. The number of amidine groups is 2. The van der Waals surface area contributed by atoms with E-state index >= 15 is 0 Å². The van der Waals surface area contributed by atoms with Crippen LogP contribution in [0.3, 0.4) is 0 Å². The molecule has 3 fully saturated rings. The fourth-order valence-electron chi connectivity index (χ4n) is 13.5. The normalized spacial score (nSPS) is 34.4. The van der Waals surface area contributed by atoms with Crippen LogP contribution in [0.1, 0.15) is 87.0 Å². The molecule has 2 heterocycles. The van der Waals surface area contributed by atoms with E-state index in [-0.39, 0.29) is 17.0 Å². The Morgan fingerprint density at radius 3 is 2.48 bits per heavy atom. The van der Waals surface area contributed by atoms with E-state index in [0.29, 0.717) is 35.5 Å². The van der Waals surface area contributed by atoms with Crippen molar-refractivity contribution in [1.29, 1.82) is 0 Å². The Labute approximate surface area is 365 Å². The Kier molecular flexibility index (Phi) is 7.46. The van der Waals surface area contributed by atoms with Crippen molar-refractivity contribution >= 4 is 17.2 Å². The summed E-state index contributed by atoms with van der Waals surface area (Å²) >= 11 is 0. The molecule has 0 spiro atoms. The Morgan fingerprint density at radius 1 is 0.774 bits per heavy atom. The number of nitrogens with zero attached hydrogens (tertiary/aromatic N) is 2. The van der Waals surface area contributed by atoms with E-state index < -0.39 is 0 Å². The molecule has 10 aliphatic rings. The molecule has 4 aromatic carbocycles. The van der Waals surface area contributed by atoms with Gasteiger partial charge in [0.05, 0.1) is 5.41 Å². The van der Waals surface area contributed by atoms with E-state index in [1.54, 1.807) is 5.57 Å². The third kappa shape index (κ3) is 5.37. The average molecular weight is 808 g/mol. The summed E-state index contributed by atoms with van der Waals surface area (Å²) in [7, 11) is 0. The molecule has 10 atom stereocenters. The lowest BCUT2D eigenvalue weighted by Gasteiger charge is -2.34. The van der Waals surface area contributed by atoms with Gasteiger partial charge >= 0.3 is 0 Å². The Balaban J connectivity index is 0.819. The molecule has 1 N–H and O–H groups in total. The van der Waals surface area contributed by atoms with Gasteiger partial charge in [-0.2, -0.15) is 0 Å². The SMILES string of the molecule is CC1(C)c2ccc(-c3cccc(-c4ccccc4)c3)cc2C2C=CC(C3N=C(C45C=C6OC7=C(CCC=C7)C7C6[C@@H]7C4C5)N=C(c4cccc(C5=CC6CC6CCC5)c4)N3)=CC21. The van der Waals surface area contributed by atoms with Crippen LogP contribution in [0.25, 0.3) is 27.8 Å². The highest BCUT2D eigenvalue weighted by Gasteiger charge is 2.75. The van der Waals surface area contributed by atoms with Gasteiger partial charge in [-0.3, -0.25) is 0 Å². The topological polar surface area (TPSA) is 46.0 Å². The van der Waals surface area contributed by atoms with Crippen molar-refractivity contribution in [3.63, 3.8) is 0 Å². The van der Waals surface area contributed by atoms with Gasteiger partial charge in [0.15, 0.2) is 0 Å². The minimum Gasteiger partial charge on any atom is -0.462 e. The van der Waals surface area contributed by atoms with Gasteiger partial charge in [-0.25, -0.2) is 9.98 Å². The zero-order valence-electron chi connectivity index (χ0n) is 35.7. The second kappa shape index (κ2) is 12.9. The fraction of sp³-hybridized carbons (Fsp3) is 0.345. The summed E-state index contributed by atoms with van der Waals surface area (Å²) in [6.07, 6.45) is 25.4. The minimum atomic E-state index is -0.223. The highest BCUT2D eigenvalue weighted by molar-refractivity contribution is 6.11. The number of hydrogen-bond acceptors (Lipinski definition) is 4. The molecule has 306 valence electrons. The van der Waals surface area contributed by atoms with Crippen molar-refractivity contribution in [3.8, 4) is 22.3 Å². The molecule has 0 saturated heterocycles. The summed E-state index contributed by atoms with van der Waals surface area (Å²) in [6, 6.07) is 36.2. The van der Waals surface area contributed by atoms with Gasteiger partial charge in [0.25, 0.3) is 0 Å². The van der Waals surface area contributed by atoms with Crippen molar-refractivity contribution in [2.24, 2.45) is 56.8 Å². The van der Waals surface area contributed by atoms with Crippen LogP contribution < -0.4 is 5.32 Å². The zero-order chi connectivity index (χ0) is 40.9. The molecule has 8 aliphatic carbocycles. The number of benzene rings is 4. The zero-order valence-corrected chi connectivity index (χ0v) is 35.7. The largest absolute Gasteiger partial charge is 0.462 e. The standard InChI is InChI=1S/C58H53N3O/c1-57(2)46-24-22-39(35-14-8-13-34(25-35)33-11-4-3-5-12-33)29-45(46)43-23-21-41(30-47(43)57)55-59-54(40-18-10-16-36(26-40)37-15-9-17-38-28-42(38)27-37)60-56(61-55)58-31-48(58)52-51-44-19-6-7-20-49(44)62-50(32-58)53(51)52/h3-5,7-8,10-14,16,18,20-27,29-30,32,38,42-43,47-48,51-53,55H,6,9,15,17,19,28,31H2,1-2H3,(H,59,60,61)/t38?,42?,43?,47?,48?,51?,52-,53?,55?,58?/m1/s1. The van der Waals surface area contributed by atoms with Crippen molar-refractivity contribution < 1.29 is 4.74 Å². The first-order valence-electron chi connectivity index (χ1n) is 23.7. The van der Waals surface area contributed by atoms with E-state index in [0.717, 1.165) is 54.1 Å². The average Bonchev–Trinajstić information content (AvgIpc) is 4.24. The lowest BCUT2D eigenvalue weighted by atomic mass is 9.73. The van der Waals surface area contributed by atoms with E-state index in [9.17, 15) is 0 Å². The van der Waals surface area contributed by atoms with Gasteiger partial charge in [0.1, 0.15) is 29.4 Å². The van der Waals surface area contributed by atoms with Crippen LogP contribution in [0.5, 0.6) is 0 Å². The summed E-state index contributed by atoms with van der Waals surface area (Å²) in [5, 5.41) is 3.94. The smallest absolute Gasteiger partial charge is 0.147 e. The first-order valence-corrected chi connectivity index (χ1v) is 23.7. The van der Waals surface area contributed by atoms with Crippen LogP contribution in [0, 0.1) is 46.8 Å². The van der Waals surface area contributed by atoms with E-state index in [1.807, 2.05) is 0 Å². The number of rotatable bonds is 6. The second-order valence-electron chi connectivity index (χ2n) is 20.8. The molecule has 2 aliphatic heterocycles. The molecule has 3 saturated carbocycles. The van der Waals surface area contributed by atoms with Crippen LogP contribution in [0.4, 0.5) is 0 Å². The summed E-state index contributed by atoms with van der Waals surface area (Å²) in [5.74, 6) is 8.99. The van der Waals surface area contributed by atoms with Crippen molar-refractivity contribution in [2.45, 2.75) is 76.3 Å². The number of hydrogen-bond donors (Lipinski definition) is 1. The van der Waals surface area contributed by atoms with Crippen molar-refractivity contribution in [1.82, 2.24) is 5.32 Å². The fourth-order valence-corrected chi connectivity index (χ4v) is 13.5. The number of ether oxygens (including phenoxy) is 1. The maximum Gasteiger partial charge on any atom is 0.147 e. The first-order chi connectivity index (χ1) is 30.4. The molecule has 0 radical (unpaired) electrons. The monoisotopic (exact) mass is 807 g/mol. The maximum absolute atomic E-state index is 6.76. The Hall–Kier alpha value is -5.74. The highest BCUT2D eigenvalue weighted by Crippen LogP contribution is 2.78. The summed E-state index contributed by atoms with van der Waals surface area (Å²) in [5.41, 5.74) is 14.6. The van der Waals surface area contributed by atoms with Crippen molar-refractivity contribution in [2.75, 3.05) is 0 Å². The molecule has 4 aromatic rings. The number of allylic oxidation sites excluding steroid dienone is 8. The quantitative estimate of drug-likeness (QED) is 0.211. The summed E-state index contributed by atoms with van der Waals surface area (Å²) in [6.45, 7) is 4.89. The van der Waals surface area contributed by atoms with Crippen LogP contribution in [-0.2, 0) is 10.2 Å². The lowest BCUT2D eigenvalue weighted by molar-refractivity contribution is 0.258. The maximum atomic E-state index is 6.76. The molecular weight excluding hydrogens is 755 g/mol. The number of aliphatic imine (C=N–C) groups is 2.